The van der Waals surface area contributed by atoms with Gasteiger partial charge in [-0.3, -0.25) is 14.3 Å². The number of benzene rings is 1. The second-order valence-corrected chi connectivity index (χ2v) is 9.28. The average Bonchev–Trinajstić information content (AvgIpc) is 3.19. The number of aryl methyl sites for hydroxylation is 1. The Morgan fingerprint density at radius 2 is 1.91 bits per heavy atom. The van der Waals surface area contributed by atoms with Gasteiger partial charge < -0.3 is 9.09 Å². The van der Waals surface area contributed by atoms with Crippen LogP contribution in [-0.4, -0.2) is 53.8 Å². The molecule has 4 aromatic rings. The third-order valence-electron chi connectivity index (χ3n) is 6.71. The number of alkyl halides is 1. The van der Waals surface area contributed by atoms with Crippen LogP contribution >= 0.6 is 11.6 Å². The molecular weight excluding hydrogens is 449 g/mol. The predicted octanol–water partition coefficient (Wildman–Crippen LogP) is 2.57. The van der Waals surface area contributed by atoms with Gasteiger partial charge in [-0.2, -0.15) is 4.98 Å². The van der Waals surface area contributed by atoms with Gasteiger partial charge in [0.25, 0.3) is 5.56 Å². The number of nitrogens with zero attached hydrogens (tertiary/aromatic N) is 7. The number of hydrogen-bond donors (Lipinski definition) is 0. The highest BCUT2D eigenvalue weighted by Crippen LogP contribution is 2.57. The van der Waals surface area contributed by atoms with E-state index in [1.54, 1.807) is 42.2 Å². The van der Waals surface area contributed by atoms with Gasteiger partial charge in [0.2, 0.25) is 5.89 Å². The largest absolute Gasteiger partial charge is 0.337 e. The first-order valence-corrected chi connectivity index (χ1v) is 11.2. The number of hydrogen-bond acceptors (Lipinski definition) is 7. The highest BCUT2D eigenvalue weighted by atomic mass is 35.5. The molecule has 4 heterocycles. The van der Waals surface area contributed by atoms with Crippen LogP contribution < -0.4 is 5.56 Å². The van der Waals surface area contributed by atoms with Crippen molar-refractivity contribution in [3.05, 3.63) is 69.6 Å². The van der Waals surface area contributed by atoms with Crippen molar-refractivity contribution in [3.8, 4) is 0 Å². The minimum absolute atomic E-state index is 0.152. The van der Waals surface area contributed by atoms with Crippen LogP contribution in [0.5, 0.6) is 0 Å². The Kier molecular flexibility index (Phi) is 4.81. The molecule has 0 radical (unpaired) electrons. The van der Waals surface area contributed by atoms with Crippen LogP contribution in [0.15, 0.2) is 46.2 Å². The molecule has 1 aliphatic heterocycles. The lowest BCUT2D eigenvalue weighted by atomic mass is 10.1. The van der Waals surface area contributed by atoms with E-state index in [1.165, 1.54) is 10.9 Å². The first-order chi connectivity index (χ1) is 16.0. The Bertz CT molecular complexity index is 1370. The Labute approximate surface area is 192 Å². The molecule has 0 unspecified atom stereocenters. The number of imidazole rings is 1. The van der Waals surface area contributed by atoms with Crippen molar-refractivity contribution in [2.45, 2.75) is 18.6 Å². The van der Waals surface area contributed by atoms with Crippen LogP contribution in [-0.2, 0) is 13.6 Å². The second kappa shape index (κ2) is 7.74. The third kappa shape index (κ3) is 3.63. The van der Waals surface area contributed by atoms with Crippen LogP contribution in [0.4, 0.5) is 4.39 Å². The maximum absolute atomic E-state index is 14.7. The van der Waals surface area contributed by atoms with Crippen molar-refractivity contribution in [3.63, 3.8) is 0 Å². The maximum atomic E-state index is 14.7. The fourth-order valence-corrected chi connectivity index (χ4v) is 5.07. The Hall–Kier alpha value is -3.11. The van der Waals surface area contributed by atoms with Crippen LogP contribution in [0.2, 0.25) is 5.02 Å². The Morgan fingerprint density at radius 3 is 2.67 bits per heavy atom. The molecule has 0 bridgehead atoms. The van der Waals surface area contributed by atoms with Crippen LogP contribution in [0.3, 0.4) is 0 Å². The van der Waals surface area contributed by atoms with Gasteiger partial charge >= 0.3 is 0 Å². The number of halogens is 2. The third-order valence-corrected chi connectivity index (χ3v) is 6.96. The summed E-state index contributed by atoms with van der Waals surface area (Å²) in [5, 5.41) is 4.76. The number of aromatic nitrogens is 6. The van der Waals surface area contributed by atoms with Crippen molar-refractivity contribution in [2.24, 2.45) is 18.9 Å². The summed E-state index contributed by atoms with van der Waals surface area (Å²) in [5.74, 6) is 2.06. The zero-order chi connectivity index (χ0) is 22.7. The van der Waals surface area contributed by atoms with E-state index in [9.17, 15) is 9.18 Å². The van der Waals surface area contributed by atoms with Gasteiger partial charge in [0.15, 0.2) is 17.0 Å². The standard InChI is InChI=1S/C22H21ClFN7O2/c1-29-10-25-21-19(29)22(32)31(11-26-21)9-17-27-20(28-33-17)18-14-6-30(7-15(14)18)8-16(24)12-2-4-13(23)5-3-12/h2-5,10-11,14-16,18H,6-9H2,1H3/t14-,15+,16-,18+/m1/s1. The quantitative estimate of drug-likeness (QED) is 0.428. The SMILES string of the molecule is Cn1cnc2ncn(Cc3nc([C@H]4[C@@H]5CN(C[C@@H](F)c6ccc(Cl)cc6)C[C@@H]54)no3)c(=O)c21. The Balaban J connectivity index is 1.08. The van der Waals surface area contributed by atoms with E-state index in [0.717, 1.165) is 13.1 Å². The molecular formula is C22H21ClFN7O2. The highest BCUT2D eigenvalue weighted by molar-refractivity contribution is 6.30. The molecule has 1 aliphatic carbocycles. The van der Waals surface area contributed by atoms with Gasteiger partial charge in [-0.05, 0) is 29.5 Å². The number of likely N-dealkylation sites (tertiary alicyclic amines) is 1. The molecule has 1 saturated heterocycles. The van der Waals surface area contributed by atoms with Crippen LogP contribution in [0.1, 0.15) is 29.4 Å². The highest BCUT2D eigenvalue weighted by Gasteiger charge is 2.58. The van der Waals surface area contributed by atoms with Gasteiger partial charge in [-0.1, -0.05) is 28.9 Å². The topological polar surface area (TPSA) is 94.9 Å². The minimum Gasteiger partial charge on any atom is -0.337 e. The van der Waals surface area contributed by atoms with E-state index >= 15 is 0 Å². The fourth-order valence-electron chi connectivity index (χ4n) is 4.95. The molecule has 4 atom stereocenters. The van der Waals surface area contributed by atoms with Crippen molar-refractivity contribution in [1.29, 1.82) is 0 Å². The summed E-state index contributed by atoms with van der Waals surface area (Å²) in [6.45, 7) is 2.14. The zero-order valence-corrected chi connectivity index (χ0v) is 18.6. The second-order valence-electron chi connectivity index (χ2n) is 8.84. The molecule has 6 rings (SSSR count). The average molecular weight is 470 g/mol. The first kappa shape index (κ1) is 20.5. The van der Waals surface area contributed by atoms with Crippen LogP contribution in [0, 0.1) is 11.8 Å². The van der Waals surface area contributed by atoms with E-state index in [-0.39, 0.29) is 18.0 Å². The van der Waals surface area contributed by atoms with E-state index in [4.69, 9.17) is 16.1 Å². The first-order valence-electron chi connectivity index (χ1n) is 10.8. The summed E-state index contributed by atoms with van der Waals surface area (Å²) >= 11 is 5.89. The zero-order valence-electron chi connectivity index (χ0n) is 17.8. The Morgan fingerprint density at radius 1 is 1.18 bits per heavy atom. The number of rotatable bonds is 6. The smallest absolute Gasteiger partial charge is 0.280 e. The van der Waals surface area contributed by atoms with E-state index in [0.29, 0.717) is 51.8 Å². The van der Waals surface area contributed by atoms with Crippen molar-refractivity contribution < 1.29 is 8.91 Å². The lowest BCUT2D eigenvalue weighted by Crippen LogP contribution is -2.28. The van der Waals surface area contributed by atoms with E-state index in [2.05, 4.69) is 25.0 Å². The van der Waals surface area contributed by atoms with E-state index < -0.39 is 6.17 Å². The summed E-state index contributed by atoms with van der Waals surface area (Å²) in [6.07, 6.45) is 1.96. The number of fused-ring (bicyclic) bond motifs is 2. The van der Waals surface area contributed by atoms with E-state index in [1.807, 2.05) is 0 Å². The molecule has 1 saturated carbocycles. The van der Waals surface area contributed by atoms with Gasteiger partial charge in [0.1, 0.15) is 19.0 Å². The molecule has 3 aromatic heterocycles. The molecule has 0 N–H and O–H groups in total. The minimum atomic E-state index is -1.04. The van der Waals surface area contributed by atoms with Gasteiger partial charge in [-0.25, -0.2) is 14.4 Å². The predicted molar refractivity (Wildman–Crippen MR) is 118 cm³/mol. The lowest BCUT2D eigenvalue weighted by molar-refractivity contribution is 0.204. The van der Waals surface area contributed by atoms with Crippen LogP contribution in [0.25, 0.3) is 11.2 Å². The molecule has 0 spiro atoms. The molecule has 1 aromatic carbocycles. The summed E-state index contributed by atoms with van der Waals surface area (Å²) in [7, 11) is 1.75. The number of piperidine rings is 1. The molecule has 33 heavy (non-hydrogen) atoms. The maximum Gasteiger partial charge on any atom is 0.280 e. The summed E-state index contributed by atoms with van der Waals surface area (Å²) in [5.41, 5.74) is 1.28. The summed E-state index contributed by atoms with van der Waals surface area (Å²) in [6, 6.07) is 6.90. The fraction of sp³-hybridized carbons (Fsp3) is 0.409. The van der Waals surface area contributed by atoms with Crippen molar-refractivity contribution in [2.75, 3.05) is 19.6 Å². The van der Waals surface area contributed by atoms with Gasteiger partial charge in [-0.15, -0.1) is 0 Å². The molecule has 2 aliphatic rings. The molecule has 11 heteroatoms. The molecule has 2 fully saturated rings. The molecule has 9 nitrogen and oxygen atoms in total. The summed E-state index contributed by atoms with van der Waals surface area (Å²) in [4.78, 5) is 27.7. The van der Waals surface area contributed by atoms with Gasteiger partial charge in [0.05, 0.1) is 6.33 Å². The lowest BCUT2D eigenvalue weighted by Gasteiger charge is -2.21. The summed E-state index contributed by atoms with van der Waals surface area (Å²) < 4.78 is 23.2. The van der Waals surface area contributed by atoms with Gasteiger partial charge in [0, 0.05) is 37.6 Å². The van der Waals surface area contributed by atoms with Crippen molar-refractivity contribution in [1.82, 2.24) is 34.1 Å². The monoisotopic (exact) mass is 469 g/mol. The molecule has 170 valence electrons. The normalized spacial score (nSPS) is 23.2. The van der Waals surface area contributed by atoms with Crippen molar-refractivity contribution >= 4 is 22.8 Å². The molecule has 0 amide bonds.